The smallest absolute Gasteiger partial charge is 0.370 e. The topological polar surface area (TPSA) is 88.5 Å². The van der Waals surface area contributed by atoms with Gasteiger partial charge in [-0.3, -0.25) is 0 Å². The van der Waals surface area contributed by atoms with E-state index in [-0.39, 0.29) is 30.7 Å². The van der Waals surface area contributed by atoms with Crippen molar-refractivity contribution in [3.05, 3.63) is 59.4 Å². The number of hydrogen-bond donors (Lipinski definition) is 2. The zero-order valence-electron chi connectivity index (χ0n) is 16.9. The largest absolute Gasteiger partial charge is 0.435 e. The van der Waals surface area contributed by atoms with Crippen molar-refractivity contribution in [3.63, 3.8) is 0 Å². The van der Waals surface area contributed by atoms with Crippen LogP contribution in [0, 0.1) is 5.92 Å². The number of nitrogens with one attached hydrogen (secondary N) is 1. The fourth-order valence-corrected chi connectivity index (χ4v) is 3.96. The molecule has 1 saturated heterocycles. The lowest BCUT2D eigenvalue weighted by molar-refractivity contribution is -0.142. The summed E-state index contributed by atoms with van der Waals surface area (Å²) < 4.78 is 79.9. The van der Waals surface area contributed by atoms with Gasteiger partial charge in [0.15, 0.2) is 17.0 Å². The van der Waals surface area contributed by atoms with Gasteiger partial charge in [0.1, 0.15) is 5.82 Å². The second-order valence-corrected chi connectivity index (χ2v) is 7.72. The Morgan fingerprint density at radius 2 is 1.70 bits per heavy atom. The standard InChI is InChI=1S/C20H18F6N6O/c21-19(22,23)14-6-16(32-17(29-14)7-15(30-32)20(24,25)26)28-8-12-9-31(18(27)33)10-13(12)11-4-2-1-3-5-11/h1-7,12-13,28H,8-10H2,(H2,27,33). The molecule has 3 N–H and O–H groups in total. The van der Waals surface area contributed by atoms with Gasteiger partial charge in [-0.1, -0.05) is 30.3 Å². The lowest BCUT2D eigenvalue weighted by Gasteiger charge is -2.20. The Labute approximate surface area is 183 Å². The Kier molecular flexibility index (Phi) is 5.58. The molecule has 2 unspecified atom stereocenters. The van der Waals surface area contributed by atoms with Gasteiger partial charge in [0, 0.05) is 43.6 Å². The highest BCUT2D eigenvalue weighted by Crippen LogP contribution is 2.35. The van der Waals surface area contributed by atoms with Gasteiger partial charge in [0.25, 0.3) is 0 Å². The van der Waals surface area contributed by atoms with Crippen molar-refractivity contribution in [3.8, 4) is 0 Å². The number of halogens is 6. The minimum atomic E-state index is -4.87. The van der Waals surface area contributed by atoms with Crippen molar-refractivity contribution < 1.29 is 31.1 Å². The van der Waals surface area contributed by atoms with Crippen LogP contribution in [0.1, 0.15) is 22.9 Å². The van der Waals surface area contributed by atoms with Crippen molar-refractivity contribution in [2.75, 3.05) is 25.0 Å². The molecule has 7 nitrogen and oxygen atoms in total. The summed E-state index contributed by atoms with van der Waals surface area (Å²) in [5.74, 6) is -0.740. The number of nitrogens with two attached hydrogens (primary N) is 1. The normalized spacial score (nSPS) is 19.3. The molecule has 33 heavy (non-hydrogen) atoms. The van der Waals surface area contributed by atoms with E-state index >= 15 is 0 Å². The van der Waals surface area contributed by atoms with Crippen molar-refractivity contribution in [1.29, 1.82) is 0 Å². The fraction of sp³-hybridized carbons (Fsp3) is 0.350. The highest BCUT2D eigenvalue weighted by atomic mass is 19.4. The summed E-state index contributed by atoms with van der Waals surface area (Å²) in [7, 11) is 0. The van der Waals surface area contributed by atoms with E-state index in [4.69, 9.17) is 5.73 Å². The minimum Gasteiger partial charge on any atom is -0.370 e. The monoisotopic (exact) mass is 472 g/mol. The molecule has 2 aromatic heterocycles. The Morgan fingerprint density at radius 3 is 2.30 bits per heavy atom. The van der Waals surface area contributed by atoms with E-state index in [1.165, 1.54) is 4.90 Å². The molecule has 3 aromatic rings. The number of fused-ring (bicyclic) bond motifs is 1. The molecule has 0 radical (unpaired) electrons. The molecule has 1 fully saturated rings. The predicted octanol–water partition coefficient (Wildman–Crippen LogP) is 3.97. The molecular formula is C20H18F6N6O. The van der Waals surface area contributed by atoms with E-state index in [0.29, 0.717) is 23.2 Å². The molecule has 176 valence electrons. The summed E-state index contributed by atoms with van der Waals surface area (Å²) in [6.45, 7) is 0.599. The summed E-state index contributed by atoms with van der Waals surface area (Å²) in [5.41, 5.74) is 3.01. The van der Waals surface area contributed by atoms with Gasteiger partial charge in [-0.25, -0.2) is 9.78 Å². The van der Waals surface area contributed by atoms with Crippen LogP contribution in [0.4, 0.5) is 37.0 Å². The molecule has 0 saturated carbocycles. The number of likely N-dealkylation sites (tertiary alicyclic amines) is 1. The first-order valence-corrected chi connectivity index (χ1v) is 9.82. The fourth-order valence-electron chi connectivity index (χ4n) is 3.96. The average Bonchev–Trinajstić information content (AvgIpc) is 3.36. The molecule has 2 amide bonds. The van der Waals surface area contributed by atoms with Gasteiger partial charge in [0.05, 0.1) is 0 Å². The first-order valence-electron chi connectivity index (χ1n) is 9.82. The average molecular weight is 472 g/mol. The second kappa shape index (κ2) is 8.12. The van der Waals surface area contributed by atoms with E-state index in [0.717, 1.165) is 5.56 Å². The maximum absolute atomic E-state index is 13.3. The van der Waals surface area contributed by atoms with Gasteiger partial charge in [-0.2, -0.15) is 36.0 Å². The van der Waals surface area contributed by atoms with Crippen LogP contribution in [0.25, 0.3) is 5.65 Å². The van der Waals surface area contributed by atoms with Crippen LogP contribution in [0.2, 0.25) is 0 Å². The lowest BCUT2D eigenvalue weighted by Crippen LogP contribution is -2.34. The number of urea groups is 1. The van der Waals surface area contributed by atoms with Crippen LogP contribution >= 0.6 is 0 Å². The Morgan fingerprint density at radius 1 is 1.03 bits per heavy atom. The molecule has 0 aliphatic carbocycles. The second-order valence-electron chi connectivity index (χ2n) is 7.72. The number of rotatable bonds is 4. The van der Waals surface area contributed by atoms with Gasteiger partial charge >= 0.3 is 18.4 Å². The molecule has 4 rings (SSSR count). The summed E-state index contributed by atoms with van der Waals surface area (Å²) in [6.07, 6.45) is -9.72. The Hall–Kier alpha value is -3.51. The van der Waals surface area contributed by atoms with Crippen LogP contribution in [-0.2, 0) is 12.4 Å². The van der Waals surface area contributed by atoms with Crippen molar-refractivity contribution in [2.45, 2.75) is 18.3 Å². The maximum atomic E-state index is 13.3. The maximum Gasteiger partial charge on any atom is 0.435 e. The Balaban J connectivity index is 1.67. The van der Waals surface area contributed by atoms with Crippen LogP contribution in [0.3, 0.4) is 0 Å². The molecule has 1 aromatic carbocycles. The number of carbonyl (C=O) groups is 1. The number of benzene rings is 1. The van der Waals surface area contributed by atoms with Crippen molar-refractivity contribution in [2.24, 2.45) is 11.7 Å². The number of alkyl halides is 6. The zero-order valence-corrected chi connectivity index (χ0v) is 16.9. The molecule has 0 spiro atoms. The Bertz CT molecular complexity index is 1160. The summed E-state index contributed by atoms with van der Waals surface area (Å²) in [4.78, 5) is 16.4. The van der Waals surface area contributed by atoms with Crippen LogP contribution in [0.15, 0.2) is 42.5 Å². The first-order chi connectivity index (χ1) is 15.4. The quantitative estimate of drug-likeness (QED) is 0.563. The molecule has 2 atom stereocenters. The number of nitrogens with zero attached hydrogens (tertiary/aromatic N) is 4. The third-order valence-electron chi connectivity index (χ3n) is 5.53. The number of amides is 2. The van der Waals surface area contributed by atoms with E-state index in [9.17, 15) is 31.1 Å². The van der Waals surface area contributed by atoms with Crippen LogP contribution < -0.4 is 11.1 Å². The molecule has 0 bridgehead atoms. The number of carbonyl (C=O) groups excluding carboxylic acids is 1. The van der Waals surface area contributed by atoms with Crippen molar-refractivity contribution >= 4 is 17.5 Å². The zero-order chi connectivity index (χ0) is 24.0. The van der Waals surface area contributed by atoms with E-state index in [1.807, 2.05) is 30.3 Å². The third kappa shape index (κ3) is 4.66. The summed E-state index contributed by atoms with van der Waals surface area (Å²) >= 11 is 0. The third-order valence-corrected chi connectivity index (χ3v) is 5.53. The van der Waals surface area contributed by atoms with Gasteiger partial charge in [0.2, 0.25) is 0 Å². The molecule has 13 heteroatoms. The molecule has 1 aliphatic rings. The molecule has 1 aliphatic heterocycles. The number of hydrogen-bond acceptors (Lipinski definition) is 4. The lowest BCUT2D eigenvalue weighted by atomic mass is 9.89. The summed E-state index contributed by atoms with van der Waals surface area (Å²) in [5, 5.41) is 6.17. The number of primary amides is 1. The highest BCUT2D eigenvalue weighted by Gasteiger charge is 2.38. The van der Waals surface area contributed by atoms with Gasteiger partial charge in [-0.15, -0.1) is 0 Å². The van der Waals surface area contributed by atoms with E-state index in [2.05, 4.69) is 15.4 Å². The van der Waals surface area contributed by atoms with Crippen molar-refractivity contribution in [1.82, 2.24) is 19.5 Å². The minimum absolute atomic E-state index is 0.0565. The van der Waals surface area contributed by atoms with E-state index in [1.54, 1.807) is 0 Å². The van der Waals surface area contributed by atoms with E-state index < -0.39 is 35.4 Å². The molecular weight excluding hydrogens is 454 g/mol. The van der Waals surface area contributed by atoms with Crippen LogP contribution in [0.5, 0.6) is 0 Å². The van der Waals surface area contributed by atoms with Crippen LogP contribution in [-0.4, -0.2) is 45.2 Å². The summed E-state index contributed by atoms with van der Waals surface area (Å²) in [6, 6.07) is 9.60. The number of aromatic nitrogens is 3. The van der Waals surface area contributed by atoms with Gasteiger partial charge in [-0.05, 0) is 5.56 Å². The predicted molar refractivity (Wildman–Crippen MR) is 105 cm³/mol. The molecule has 3 heterocycles. The SMILES string of the molecule is NC(=O)N1CC(CNc2cc(C(F)(F)F)nc3cc(C(F)(F)F)nn23)C(c2ccccc2)C1. The first kappa shape index (κ1) is 22.7. The highest BCUT2D eigenvalue weighted by molar-refractivity contribution is 5.72. The number of anilines is 1. The van der Waals surface area contributed by atoms with Gasteiger partial charge < -0.3 is 16.0 Å².